The van der Waals surface area contributed by atoms with E-state index in [1.807, 2.05) is 12.3 Å². The Kier molecular flexibility index (Phi) is 1.47. The molecule has 2 N–H and O–H groups in total. The minimum Gasteiger partial charge on any atom is -0.334 e. The van der Waals surface area contributed by atoms with Crippen LogP contribution < -0.4 is 10.6 Å². The zero-order valence-corrected chi connectivity index (χ0v) is 7.98. The van der Waals surface area contributed by atoms with Gasteiger partial charge in [0.25, 0.3) is 0 Å². The maximum absolute atomic E-state index is 6.19. The molecule has 0 bridgehead atoms. The van der Waals surface area contributed by atoms with Crippen molar-refractivity contribution in [3.63, 3.8) is 0 Å². The molecular formula is C11H13N3. The molecule has 1 fully saturated rings. The van der Waals surface area contributed by atoms with Crippen LogP contribution in [0.15, 0.2) is 24.4 Å². The minimum atomic E-state index is -0.117. The third-order valence-electron chi connectivity index (χ3n) is 2.96. The molecule has 3 rings (SSSR count). The van der Waals surface area contributed by atoms with Crippen LogP contribution in [0.2, 0.25) is 0 Å². The van der Waals surface area contributed by atoms with Gasteiger partial charge in [-0.2, -0.15) is 0 Å². The number of rotatable bonds is 1. The van der Waals surface area contributed by atoms with Crippen LogP contribution in [0.5, 0.6) is 0 Å². The van der Waals surface area contributed by atoms with E-state index in [0.29, 0.717) is 0 Å². The summed E-state index contributed by atoms with van der Waals surface area (Å²) >= 11 is 0. The number of pyridine rings is 1. The molecule has 72 valence electrons. The maximum atomic E-state index is 6.19. The number of nitrogens with two attached hydrogens (primary N) is 1. The lowest BCUT2D eigenvalue weighted by Crippen LogP contribution is -2.46. The van der Waals surface area contributed by atoms with Crippen LogP contribution in [-0.4, -0.2) is 17.2 Å². The van der Waals surface area contributed by atoms with Crippen molar-refractivity contribution in [2.24, 2.45) is 5.73 Å². The first kappa shape index (κ1) is 8.00. The van der Waals surface area contributed by atoms with E-state index in [1.54, 1.807) is 0 Å². The lowest BCUT2D eigenvalue weighted by molar-refractivity contribution is 0.623. The molecule has 1 aromatic rings. The van der Waals surface area contributed by atoms with Gasteiger partial charge in [-0.15, -0.1) is 0 Å². The fraction of sp³-hybridized carbons (Fsp3) is 0.364. The van der Waals surface area contributed by atoms with Gasteiger partial charge in [0.05, 0.1) is 5.66 Å². The summed E-state index contributed by atoms with van der Waals surface area (Å²) < 4.78 is 0. The molecule has 14 heavy (non-hydrogen) atoms. The second-order valence-electron chi connectivity index (χ2n) is 4.03. The van der Waals surface area contributed by atoms with Gasteiger partial charge in [-0.3, -0.25) is 0 Å². The standard InChI is InChI=1S/C11H13N3/c12-11(5-6-11)14-8-2-4-9-3-1-7-13-10(9)14/h1-4,7H,5-6,8,12H2. The smallest absolute Gasteiger partial charge is 0.137 e. The minimum absolute atomic E-state index is 0.117. The van der Waals surface area contributed by atoms with Crippen molar-refractivity contribution in [2.75, 3.05) is 11.4 Å². The van der Waals surface area contributed by atoms with Gasteiger partial charge in [0.15, 0.2) is 0 Å². The van der Waals surface area contributed by atoms with Gasteiger partial charge in [-0.05, 0) is 25.0 Å². The predicted octanol–water partition coefficient (Wildman–Crippen LogP) is 1.36. The molecule has 1 saturated carbocycles. The Morgan fingerprint density at radius 2 is 2.29 bits per heavy atom. The summed E-state index contributed by atoms with van der Waals surface area (Å²) in [5.74, 6) is 1.04. The average molecular weight is 187 g/mol. The highest BCUT2D eigenvalue weighted by molar-refractivity contribution is 5.69. The lowest BCUT2D eigenvalue weighted by Gasteiger charge is -2.32. The van der Waals surface area contributed by atoms with E-state index in [9.17, 15) is 0 Å². The molecule has 0 aromatic carbocycles. The second kappa shape index (κ2) is 2.58. The molecule has 0 atom stereocenters. The van der Waals surface area contributed by atoms with Gasteiger partial charge in [0, 0.05) is 18.3 Å². The van der Waals surface area contributed by atoms with E-state index in [4.69, 9.17) is 5.73 Å². The monoisotopic (exact) mass is 187 g/mol. The van der Waals surface area contributed by atoms with Crippen molar-refractivity contribution in [3.05, 3.63) is 30.0 Å². The number of nitrogens with zero attached hydrogens (tertiary/aromatic N) is 2. The summed E-state index contributed by atoms with van der Waals surface area (Å²) in [7, 11) is 0. The molecule has 2 aliphatic rings. The van der Waals surface area contributed by atoms with Crippen LogP contribution in [0, 0.1) is 0 Å². The number of hydrogen-bond donors (Lipinski definition) is 1. The Hall–Kier alpha value is -1.35. The van der Waals surface area contributed by atoms with Crippen molar-refractivity contribution >= 4 is 11.9 Å². The first-order valence-electron chi connectivity index (χ1n) is 4.98. The van der Waals surface area contributed by atoms with Crippen molar-refractivity contribution < 1.29 is 0 Å². The highest BCUT2D eigenvalue weighted by Crippen LogP contribution is 2.40. The van der Waals surface area contributed by atoms with Gasteiger partial charge in [-0.25, -0.2) is 4.98 Å². The predicted molar refractivity (Wildman–Crippen MR) is 56.8 cm³/mol. The molecule has 3 nitrogen and oxygen atoms in total. The molecule has 0 spiro atoms. The third kappa shape index (κ3) is 1.06. The SMILES string of the molecule is NC1(N2CC=Cc3cccnc32)CC1. The molecule has 1 aliphatic carbocycles. The fourth-order valence-electron chi connectivity index (χ4n) is 1.93. The molecule has 3 heteroatoms. The topological polar surface area (TPSA) is 42.1 Å². The fourth-order valence-corrected chi connectivity index (χ4v) is 1.93. The number of hydrogen-bond acceptors (Lipinski definition) is 3. The van der Waals surface area contributed by atoms with Gasteiger partial charge < -0.3 is 10.6 Å². The first-order valence-corrected chi connectivity index (χ1v) is 4.98. The van der Waals surface area contributed by atoms with Crippen LogP contribution in [-0.2, 0) is 0 Å². The van der Waals surface area contributed by atoms with E-state index < -0.39 is 0 Å². The molecular weight excluding hydrogens is 174 g/mol. The molecule has 0 radical (unpaired) electrons. The van der Waals surface area contributed by atoms with Gasteiger partial charge in [-0.1, -0.05) is 12.2 Å². The second-order valence-corrected chi connectivity index (χ2v) is 4.03. The van der Waals surface area contributed by atoms with Crippen LogP contribution >= 0.6 is 0 Å². The van der Waals surface area contributed by atoms with E-state index >= 15 is 0 Å². The lowest BCUT2D eigenvalue weighted by atomic mass is 10.1. The summed E-state index contributed by atoms with van der Waals surface area (Å²) in [5, 5.41) is 0. The summed E-state index contributed by atoms with van der Waals surface area (Å²) in [6.07, 6.45) is 8.26. The van der Waals surface area contributed by atoms with Crippen LogP contribution in [0.1, 0.15) is 18.4 Å². The summed E-state index contributed by atoms with van der Waals surface area (Å²) in [6, 6.07) is 4.04. The van der Waals surface area contributed by atoms with E-state index in [1.165, 1.54) is 5.56 Å². The van der Waals surface area contributed by atoms with Crippen LogP contribution in [0.3, 0.4) is 0 Å². The Balaban J connectivity index is 2.07. The van der Waals surface area contributed by atoms with Crippen molar-refractivity contribution in [1.29, 1.82) is 0 Å². The van der Waals surface area contributed by atoms with Gasteiger partial charge in [0.2, 0.25) is 0 Å². The molecule has 2 heterocycles. The van der Waals surface area contributed by atoms with Crippen molar-refractivity contribution in [1.82, 2.24) is 4.98 Å². The molecule has 0 unspecified atom stereocenters. The van der Waals surface area contributed by atoms with Crippen molar-refractivity contribution in [2.45, 2.75) is 18.5 Å². The number of fused-ring (bicyclic) bond motifs is 1. The van der Waals surface area contributed by atoms with Gasteiger partial charge in [0.1, 0.15) is 5.82 Å². The average Bonchev–Trinajstić information content (AvgIpc) is 2.97. The summed E-state index contributed by atoms with van der Waals surface area (Å²) in [6.45, 7) is 0.889. The van der Waals surface area contributed by atoms with Crippen LogP contribution in [0.4, 0.5) is 5.82 Å². The van der Waals surface area contributed by atoms with E-state index in [0.717, 1.165) is 25.2 Å². The van der Waals surface area contributed by atoms with Crippen LogP contribution in [0.25, 0.3) is 6.08 Å². The molecule has 0 amide bonds. The Labute approximate surface area is 83.2 Å². The first-order chi connectivity index (χ1) is 6.80. The summed E-state index contributed by atoms with van der Waals surface area (Å²) in [5.41, 5.74) is 7.25. The zero-order chi connectivity index (χ0) is 9.60. The highest BCUT2D eigenvalue weighted by atomic mass is 15.3. The zero-order valence-electron chi connectivity index (χ0n) is 7.98. The Morgan fingerprint density at radius 3 is 3.07 bits per heavy atom. The molecule has 0 saturated heterocycles. The third-order valence-corrected chi connectivity index (χ3v) is 2.96. The largest absolute Gasteiger partial charge is 0.334 e. The molecule has 1 aromatic heterocycles. The quantitative estimate of drug-likeness (QED) is 0.722. The Bertz CT molecular complexity index is 393. The number of aromatic nitrogens is 1. The van der Waals surface area contributed by atoms with E-state index in [-0.39, 0.29) is 5.66 Å². The van der Waals surface area contributed by atoms with Crippen molar-refractivity contribution in [3.8, 4) is 0 Å². The van der Waals surface area contributed by atoms with Gasteiger partial charge >= 0.3 is 0 Å². The normalized spacial score (nSPS) is 21.9. The van der Waals surface area contributed by atoms with E-state index in [2.05, 4.69) is 28.1 Å². The highest BCUT2D eigenvalue weighted by Gasteiger charge is 2.45. The summed E-state index contributed by atoms with van der Waals surface area (Å²) in [4.78, 5) is 6.61. The Morgan fingerprint density at radius 1 is 1.43 bits per heavy atom. The maximum Gasteiger partial charge on any atom is 0.137 e. The molecule has 1 aliphatic heterocycles. The number of anilines is 1.